The quantitative estimate of drug-likeness (QED) is 0.588. The highest BCUT2D eigenvalue weighted by molar-refractivity contribution is 7.89. The van der Waals surface area contributed by atoms with Crippen LogP contribution in [-0.4, -0.2) is 24.7 Å². The zero-order valence-electron chi connectivity index (χ0n) is 15.5. The van der Waals surface area contributed by atoms with Crippen molar-refractivity contribution in [2.24, 2.45) is 0 Å². The first-order valence-electron chi connectivity index (χ1n) is 8.92. The van der Waals surface area contributed by atoms with Gasteiger partial charge in [-0.25, -0.2) is 13.1 Å². The van der Waals surface area contributed by atoms with Crippen LogP contribution in [0.5, 0.6) is 0 Å². The lowest BCUT2D eigenvalue weighted by Gasteiger charge is -2.16. The largest absolute Gasteiger partial charge is 0.291 e. The second kappa shape index (κ2) is 9.09. The van der Waals surface area contributed by atoms with Gasteiger partial charge in [-0.2, -0.15) is 9.78 Å². The van der Waals surface area contributed by atoms with Crippen LogP contribution in [0.1, 0.15) is 24.8 Å². The zero-order chi connectivity index (χ0) is 21.0. The molecule has 0 spiro atoms. The van der Waals surface area contributed by atoms with Crippen molar-refractivity contribution in [1.82, 2.24) is 14.5 Å². The van der Waals surface area contributed by atoms with Crippen molar-refractivity contribution in [3.8, 4) is 5.69 Å². The third-order valence-electron chi connectivity index (χ3n) is 4.55. The van der Waals surface area contributed by atoms with Crippen LogP contribution in [0.4, 0.5) is 0 Å². The van der Waals surface area contributed by atoms with Gasteiger partial charge in [-0.1, -0.05) is 60.5 Å². The van der Waals surface area contributed by atoms with Crippen LogP contribution in [0, 0.1) is 0 Å². The second-order valence-electron chi connectivity index (χ2n) is 6.39. The molecule has 2 aromatic carbocycles. The summed E-state index contributed by atoms with van der Waals surface area (Å²) in [4.78, 5) is 12.3. The minimum Gasteiger partial charge on any atom is -0.266 e. The van der Waals surface area contributed by atoms with Crippen LogP contribution in [0.2, 0.25) is 10.0 Å². The van der Waals surface area contributed by atoms with Crippen LogP contribution in [0.3, 0.4) is 0 Å². The normalized spacial score (nSPS) is 12.7. The number of sulfonamides is 1. The molecule has 152 valence electrons. The number of hydrogen-bond acceptors (Lipinski definition) is 4. The van der Waals surface area contributed by atoms with Gasteiger partial charge in [0.05, 0.1) is 21.8 Å². The zero-order valence-corrected chi connectivity index (χ0v) is 17.9. The molecule has 0 radical (unpaired) electrons. The summed E-state index contributed by atoms with van der Waals surface area (Å²) in [5, 5.41) is 3.84. The summed E-state index contributed by atoms with van der Waals surface area (Å²) in [6.45, 7) is 2.31. The van der Waals surface area contributed by atoms with Gasteiger partial charge in [0.25, 0.3) is 5.56 Å². The smallest absolute Gasteiger partial charge is 0.266 e. The van der Waals surface area contributed by atoms with Crippen molar-refractivity contribution in [2.45, 2.75) is 24.2 Å². The van der Waals surface area contributed by atoms with E-state index in [0.29, 0.717) is 12.2 Å². The molecule has 1 heterocycles. The van der Waals surface area contributed by atoms with Gasteiger partial charge in [0.1, 0.15) is 5.02 Å². The molecule has 0 aliphatic carbocycles. The third-order valence-corrected chi connectivity index (χ3v) is 6.74. The van der Waals surface area contributed by atoms with Gasteiger partial charge >= 0.3 is 0 Å². The summed E-state index contributed by atoms with van der Waals surface area (Å²) in [5.41, 5.74) is 0.878. The Morgan fingerprint density at radius 1 is 1.07 bits per heavy atom. The molecular formula is C20H19Cl2N3O3S. The van der Waals surface area contributed by atoms with Gasteiger partial charge in [-0.15, -0.1) is 0 Å². The molecule has 0 amide bonds. The molecule has 6 nitrogen and oxygen atoms in total. The maximum absolute atomic E-state index is 12.7. The number of aromatic nitrogens is 2. The summed E-state index contributed by atoms with van der Waals surface area (Å²) in [6.07, 6.45) is 2.06. The Bertz CT molecular complexity index is 1150. The Labute approximate surface area is 179 Å². The van der Waals surface area contributed by atoms with Crippen LogP contribution >= 0.6 is 23.2 Å². The summed E-state index contributed by atoms with van der Waals surface area (Å²) in [7, 11) is -3.70. The SMILES string of the molecule is CC[C@@H](CNS(=O)(=O)c1ccc(-n2ncc(Cl)c(Cl)c2=O)cc1)c1ccccc1. The maximum atomic E-state index is 12.7. The van der Waals surface area contributed by atoms with Gasteiger partial charge < -0.3 is 0 Å². The highest BCUT2D eigenvalue weighted by Gasteiger charge is 2.18. The predicted molar refractivity (Wildman–Crippen MR) is 115 cm³/mol. The number of benzene rings is 2. The van der Waals surface area contributed by atoms with E-state index in [1.807, 2.05) is 37.3 Å². The standard InChI is InChI=1S/C20H19Cl2N3O3S/c1-2-14(15-6-4-3-5-7-15)12-24-29(27,28)17-10-8-16(9-11-17)25-20(26)19(22)18(21)13-23-25/h3-11,13-14,24H,2,12H2,1H3/t14-/m0/s1. The van der Waals surface area contributed by atoms with E-state index in [1.165, 1.54) is 30.5 Å². The van der Waals surface area contributed by atoms with E-state index in [9.17, 15) is 13.2 Å². The molecule has 3 aromatic rings. The maximum Gasteiger partial charge on any atom is 0.291 e. The molecule has 1 N–H and O–H groups in total. The number of hydrogen-bond donors (Lipinski definition) is 1. The molecule has 0 fully saturated rings. The fourth-order valence-corrected chi connectivity index (χ4v) is 4.21. The Balaban J connectivity index is 1.78. The number of rotatable bonds is 7. The average Bonchev–Trinajstić information content (AvgIpc) is 2.73. The first-order chi connectivity index (χ1) is 13.8. The van der Waals surface area contributed by atoms with Crippen LogP contribution in [0.15, 0.2) is 70.5 Å². The fraction of sp³-hybridized carbons (Fsp3) is 0.200. The minimum atomic E-state index is -3.70. The van der Waals surface area contributed by atoms with Crippen LogP contribution in [0.25, 0.3) is 5.69 Å². The predicted octanol–water partition coefficient (Wildman–Crippen LogP) is 4.01. The molecule has 9 heteroatoms. The van der Waals surface area contributed by atoms with E-state index in [0.717, 1.165) is 16.7 Å². The summed E-state index contributed by atoms with van der Waals surface area (Å²) in [5.74, 6) is 0.0734. The Morgan fingerprint density at radius 2 is 1.72 bits per heavy atom. The molecule has 0 unspecified atom stereocenters. The first kappa shape index (κ1) is 21.5. The molecule has 0 aliphatic heterocycles. The Kier molecular flexibility index (Phi) is 6.74. The van der Waals surface area contributed by atoms with Crippen LogP contribution in [-0.2, 0) is 10.0 Å². The molecule has 3 rings (SSSR count). The molecule has 29 heavy (non-hydrogen) atoms. The number of nitrogens with zero attached hydrogens (tertiary/aromatic N) is 2. The van der Waals surface area contributed by atoms with E-state index in [4.69, 9.17) is 23.2 Å². The van der Waals surface area contributed by atoms with Gasteiger partial charge in [0.15, 0.2) is 0 Å². The molecule has 0 saturated heterocycles. The second-order valence-corrected chi connectivity index (χ2v) is 8.94. The van der Waals surface area contributed by atoms with Crippen molar-refractivity contribution in [3.63, 3.8) is 0 Å². The summed E-state index contributed by atoms with van der Waals surface area (Å²) >= 11 is 11.6. The Morgan fingerprint density at radius 3 is 2.34 bits per heavy atom. The molecule has 0 saturated carbocycles. The highest BCUT2D eigenvalue weighted by Crippen LogP contribution is 2.20. The van der Waals surface area contributed by atoms with Crippen molar-refractivity contribution >= 4 is 33.2 Å². The van der Waals surface area contributed by atoms with Crippen molar-refractivity contribution in [1.29, 1.82) is 0 Å². The van der Waals surface area contributed by atoms with Crippen LogP contribution < -0.4 is 10.3 Å². The third kappa shape index (κ3) is 4.87. The molecular weight excluding hydrogens is 433 g/mol. The van der Waals surface area contributed by atoms with Crippen molar-refractivity contribution in [2.75, 3.05) is 6.54 Å². The molecule has 1 aromatic heterocycles. The molecule has 0 aliphatic rings. The fourth-order valence-electron chi connectivity index (χ4n) is 2.88. The first-order valence-corrected chi connectivity index (χ1v) is 11.2. The van der Waals surface area contributed by atoms with Crippen molar-refractivity contribution in [3.05, 3.63) is 86.8 Å². The lowest BCUT2D eigenvalue weighted by Crippen LogP contribution is -2.28. The van der Waals surface area contributed by atoms with E-state index in [1.54, 1.807) is 0 Å². The minimum absolute atomic E-state index is 0.0557. The van der Waals surface area contributed by atoms with Gasteiger partial charge in [-0.05, 0) is 42.2 Å². The van der Waals surface area contributed by atoms with E-state index < -0.39 is 15.6 Å². The lowest BCUT2D eigenvalue weighted by atomic mass is 9.97. The van der Waals surface area contributed by atoms with Crippen molar-refractivity contribution < 1.29 is 8.42 Å². The monoisotopic (exact) mass is 451 g/mol. The summed E-state index contributed by atoms with van der Waals surface area (Å²) in [6, 6.07) is 15.6. The number of nitrogens with one attached hydrogen (secondary N) is 1. The topological polar surface area (TPSA) is 81.1 Å². The number of halogens is 2. The summed E-state index contributed by atoms with van der Waals surface area (Å²) < 4.78 is 29.0. The average molecular weight is 452 g/mol. The van der Waals surface area contributed by atoms with E-state index in [2.05, 4.69) is 9.82 Å². The molecule has 1 atom stereocenters. The van der Waals surface area contributed by atoms with Gasteiger partial charge in [-0.3, -0.25) is 4.79 Å². The van der Waals surface area contributed by atoms with E-state index >= 15 is 0 Å². The highest BCUT2D eigenvalue weighted by atomic mass is 35.5. The van der Waals surface area contributed by atoms with Gasteiger partial charge in [0, 0.05) is 6.54 Å². The van der Waals surface area contributed by atoms with E-state index in [-0.39, 0.29) is 20.9 Å². The Hall–Kier alpha value is -2.19. The van der Waals surface area contributed by atoms with Gasteiger partial charge in [0.2, 0.25) is 10.0 Å². The molecule has 0 bridgehead atoms. The lowest BCUT2D eigenvalue weighted by molar-refractivity contribution is 0.566.